The number of amides is 2. The zero-order chi connectivity index (χ0) is 19.9. The minimum atomic E-state index is -0.690. The minimum Gasteiger partial charge on any atom is -0.481 e. The van der Waals surface area contributed by atoms with E-state index in [2.05, 4.69) is 16.0 Å². The molecule has 0 spiro atoms. The van der Waals surface area contributed by atoms with Crippen molar-refractivity contribution in [1.29, 1.82) is 0 Å². The van der Waals surface area contributed by atoms with E-state index in [1.807, 2.05) is 0 Å². The van der Waals surface area contributed by atoms with Crippen LogP contribution in [0.1, 0.15) is 30.1 Å². The van der Waals surface area contributed by atoms with E-state index in [0.29, 0.717) is 22.0 Å². The maximum Gasteiger partial charge on any atom is 0.265 e. The van der Waals surface area contributed by atoms with Crippen molar-refractivity contribution in [3.8, 4) is 5.75 Å². The number of nitrogens with one attached hydrogen (secondary N) is 3. The monoisotopic (exact) mass is 401 g/mol. The summed E-state index contributed by atoms with van der Waals surface area (Å²) < 4.78 is 5.68. The molecule has 0 bridgehead atoms. The van der Waals surface area contributed by atoms with E-state index in [0.717, 1.165) is 25.9 Å². The molecule has 2 amide bonds. The van der Waals surface area contributed by atoms with Gasteiger partial charge in [0.2, 0.25) is 0 Å². The second-order valence-corrected chi connectivity index (χ2v) is 7.21. The van der Waals surface area contributed by atoms with Crippen LogP contribution >= 0.6 is 11.6 Å². The van der Waals surface area contributed by atoms with Crippen LogP contribution in [0.25, 0.3) is 0 Å². The first-order valence-electron chi connectivity index (χ1n) is 9.36. The Hall–Kier alpha value is -2.57. The van der Waals surface area contributed by atoms with Crippen LogP contribution < -0.4 is 20.7 Å². The number of anilines is 1. The predicted molar refractivity (Wildman–Crippen MR) is 110 cm³/mol. The summed E-state index contributed by atoms with van der Waals surface area (Å²) in [6, 6.07) is 13.9. The van der Waals surface area contributed by atoms with Crippen LogP contribution in [0.4, 0.5) is 5.69 Å². The van der Waals surface area contributed by atoms with Crippen molar-refractivity contribution in [1.82, 2.24) is 10.6 Å². The first kappa shape index (κ1) is 20.2. The zero-order valence-corrected chi connectivity index (χ0v) is 16.5. The maximum atomic E-state index is 12.3. The number of ether oxygens (including phenoxy) is 1. The van der Waals surface area contributed by atoms with Gasteiger partial charge in [-0.25, -0.2) is 0 Å². The molecule has 1 aliphatic rings. The van der Waals surface area contributed by atoms with Crippen molar-refractivity contribution >= 4 is 29.1 Å². The van der Waals surface area contributed by atoms with Gasteiger partial charge in [0.25, 0.3) is 11.8 Å². The Bertz CT molecular complexity index is 803. The summed E-state index contributed by atoms with van der Waals surface area (Å²) >= 11 is 5.84. The Morgan fingerprint density at radius 1 is 1.07 bits per heavy atom. The third-order valence-corrected chi connectivity index (χ3v) is 4.84. The van der Waals surface area contributed by atoms with E-state index in [9.17, 15) is 9.59 Å². The minimum absolute atomic E-state index is 0.0908. The van der Waals surface area contributed by atoms with E-state index < -0.39 is 6.10 Å². The number of rotatable bonds is 6. The number of piperidine rings is 1. The average molecular weight is 402 g/mol. The normalized spacial score (nSPS) is 15.5. The van der Waals surface area contributed by atoms with Gasteiger partial charge in [-0.3, -0.25) is 9.59 Å². The van der Waals surface area contributed by atoms with Crippen LogP contribution in [0.2, 0.25) is 5.02 Å². The Balaban J connectivity index is 1.51. The molecular weight excluding hydrogens is 378 g/mol. The van der Waals surface area contributed by atoms with Crippen molar-refractivity contribution in [2.75, 3.05) is 18.4 Å². The molecule has 148 valence electrons. The van der Waals surface area contributed by atoms with Crippen LogP contribution in [0, 0.1) is 0 Å². The van der Waals surface area contributed by atoms with Gasteiger partial charge in [0.1, 0.15) is 5.75 Å². The highest BCUT2D eigenvalue weighted by Crippen LogP contribution is 2.17. The first-order valence-corrected chi connectivity index (χ1v) is 9.74. The molecular formula is C21H24ClN3O3. The number of hydrogen-bond donors (Lipinski definition) is 3. The molecule has 0 aliphatic carbocycles. The molecule has 1 aliphatic heterocycles. The van der Waals surface area contributed by atoms with E-state index >= 15 is 0 Å². The molecule has 6 nitrogen and oxygen atoms in total. The van der Waals surface area contributed by atoms with Gasteiger partial charge in [-0.15, -0.1) is 0 Å². The van der Waals surface area contributed by atoms with Crippen molar-refractivity contribution in [3.05, 3.63) is 59.1 Å². The average Bonchev–Trinajstić information content (AvgIpc) is 2.71. The molecule has 3 N–H and O–H groups in total. The molecule has 3 rings (SSSR count). The molecule has 1 fully saturated rings. The zero-order valence-electron chi connectivity index (χ0n) is 15.7. The Morgan fingerprint density at radius 2 is 1.71 bits per heavy atom. The standard InChI is InChI=1S/C21H24ClN3O3/c1-14(20(26)24-17-6-4-16(22)5-7-17)28-19-8-2-15(3-9-19)21(27)25-18-10-12-23-13-11-18/h2-9,14,18,23H,10-13H2,1H3,(H,24,26)(H,25,27). The number of carbonyl (C=O) groups is 2. The van der Waals surface area contributed by atoms with Gasteiger partial charge in [-0.2, -0.15) is 0 Å². The second-order valence-electron chi connectivity index (χ2n) is 6.78. The fourth-order valence-electron chi connectivity index (χ4n) is 2.95. The molecule has 1 atom stereocenters. The number of benzene rings is 2. The number of hydrogen-bond acceptors (Lipinski definition) is 4. The predicted octanol–water partition coefficient (Wildman–Crippen LogP) is 3.23. The van der Waals surface area contributed by atoms with Gasteiger partial charge < -0.3 is 20.7 Å². The van der Waals surface area contributed by atoms with E-state index in [4.69, 9.17) is 16.3 Å². The highest BCUT2D eigenvalue weighted by atomic mass is 35.5. The van der Waals surface area contributed by atoms with Gasteiger partial charge in [-0.1, -0.05) is 11.6 Å². The van der Waals surface area contributed by atoms with Gasteiger partial charge in [0.05, 0.1) is 0 Å². The van der Waals surface area contributed by atoms with E-state index in [1.165, 1.54) is 0 Å². The number of halogens is 1. The van der Waals surface area contributed by atoms with Gasteiger partial charge in [0, 0.05) is 22.3 Å². The third-order valence-electron chi connectivity index (χ3n) is 4.58. The SMILES string of the molecule is CC(Oc1ccc(C(=O)NC2CCNCC2)cc1)C(=O)Nc1ccc(Cl)cc1. The fourth-order valence-corrected chi connectivity index (χ4v) is 3.08. The molecule has 0 radical (unpaired) electrons. The quantitative estimate of drug-likeness (QED) is 0.694. The summed E-state index contributed by atoms with van der Waals surface area (Å²) in [6.07, 6.45) is 1.19. The highest BCUT2D eigenvalue weighted by molar-refractivity contribution is 6.30. The molecule has 0 saturated carbocycles. The molecule has 1 saturated heterocycles. The number of carbonyl (C=O) groups excluding carboxylic acids is 2. The Labute approximate surface area is 169 Å². The fraction of sp³-hybridized carbons (Fsp3) is 0.333. The summed E-state index contributed by atoms with van der Waals surface area (Å²) in [7, 11) is 0. The molecule has 7 heteroatoms. The summed E-state index contributed by atoms with van der Waals surface area (Å²) in [4.78, 5) is 24.6. The largest absolute Gasteiger partial charge is 0.481 e. The third kappa shape index (κ3) is 5.71. The lowest BCUT2D eigenvalue weighted by atomic mass is 10.1. The lowest BCUT2D eigenvalue weighted by Gasteiger charge is -2.23. The van der Waals surface area contributed by atoms with Crippen molar-refractivity contribution in [2.24, 2.45) is 0 Å². The molecule has 1 unspecified atom stereocenters. The van der Waals surface area contributed by atoms with Gasteiger partial charge in [-0.05, 0) is 81.4 Å². The van der Waals surface area contributed by atoms with Crippen LogP contribution in [0.15, 0.2) is 48.5 Å². The molecule has 0 aromatic heterocycles. The highest BCUT2D eigenvalue weighted by Gasteiger charge is 2.17. The lowest BCUT2D eigenvalue weighted by molar-refractivity contribution is -0.122. The van der Waals surface area contributed by atoms with E-state index in [1.54, 1.807) is 55.5 Å². The smallest absolute Gasteiger partial charge is 0.265 e. The summed E-state index contributed by atoms with van der Waals surface area (Å²) in [5, 5.41) is 9.70. The first-order chi connectivity index (χ1) is 13.5. The maximum absolute atomic E-state index is 12.3. The summed E-state index contributed by atoms with van der Waals surface area (Å²) in [5.41, 5.74) is 1.22. The Kier molecular flexibility index (Phi) is 6.90. The van der Waals surface area contributed by atoms with E-state index in [-0.39, 0.29) is 17.9 Å². The molecule has 28 heavy (non-hydrogen) atoms. The van der Waals surface area contributed by atoms with Crippen LogP contribution in [-0.4, -0.2) is 37.0 Å². The molecule has 1 heterocycles. The lowest BCUT2D eigenvalue weighted by Crippen LogP contribution is -2.42. The molecule has 2 aromatic rings. The Morgan fingerprint density at radius 3 is 2.36 bits per heavy atom. The topological polar surface area (TPSA) is 79.5 Å². The van der Waals surface area contributed by atoms with Crippen molar-refractivity contribution < 1.29 is 14.3 Å². The molecule has 2 aromatic carbocycles. The van der Waals surface area contributed by atoms with Crippen LogP contribution in [0.3, 0.4) is 0 Å². The van der Waals surface area contributed by atoms with Crippen LogP contribution in [-0.2, 0) is 4.79 Å². The van der Waals surface area contributed by atoms with Gasteiger partial charge >= 0.3 is 0 Å². The van der Waals surface area contributed by atoms with Crippen molar-refractivity contribution in [3.63, 3.8) is 0 Å². The van der Waals surface area contributed by atoms with Gasteiger partial charge in [0.15, 0.2) is 6.10 Å². The van der Waals surface area contributed by atoms with Crippen LogP contribution in [0.5, 0.6) is 5.75 Å². The van der Waals surface area contributed by atoms with Crippen molar-refractivity contribution in [2.45, 2.75) is 31.9 Å². The summed E-state index contributed by atoms with van der Waals surface area (Å²) in [5.74, 6) is 0.166. The second kappa shape index (κ2) is 9.57. The summed E-state index contributed by atoms with van der Waals surface area (Å²) in [6.45, 7) is 3.52.